The summed E-state index contributed by atoms with van der Waals surface area (Å²) in [6.45, 7) is 8.92. The van der Waals surface area contributed by atoms with E-state index in [4.69, 9.17) is 9.47 Å². The molecule has 3 rings (SSSR count). The number of carbonyl (C=O) groups is 2. The molecule has 0 aromatic heterocycles. The second kappa shape index (κ2) is 12.7. The Kier molecular flexibility index (Phi) is 9.98. The minimum atomic E-state index is -3.66. The van der Waals surface area contributed by atoms with E-state index in [-0.39, 0.29) is 37.0 Å². The maximum atomic E-state index is 12.4. The molecule has 2 heterocycles. The highest BCUT2D eigenvalue weighted by molar-refractivity contribution is 7.89. The lowest BCUT2D eigenvalue weighted by molar-refractivity contribution is -0.138. The zero-order valence-electron chi connectivity index (χ0n) is 21.4. The van der Waals surface area contributed by atoms with Crippen molar-refractivity contribution in [1.29, 1.82) is 0 Å². The molecule has 2 aliphatic rings. The largest absolute Gasteiger partial charge is 0.490 e. The predicted molar refractivity (Wildman–Crippen MR) is 136 cm³/mol. The standard InChI is InChI=1S/C25H39N3O7S/c1-4-5-14-36(32,33)26-23(24(29)30)15-19-6-8-21(9-7-19)34-17-22-16-28(25(31)35-22)20-10-12-27(13-11-20)18(2)3/h6-9,18,20,22-23,26H,4-5,10-17H2,1-3H3,(H,29,30). The molecule has 0 bridgehead atoms. The quantitative estimate of drug-likeness (QED) is 0.402. The Balaban J connectivity index is 1.47. The van der Waals surface area contributed by atoms with Crippen molar-refractivity contribution in [2.75, 3.05) is 32.0 Å². The number of hydrogen-bond donors (Lipinski definition) is 2. The van der Waals surface area contributed by atoms with Crippen molar-refractivity contribution >= 4 is 22.1 Å². The number of hydrogen-bond acceptors (Lipinski definition) is 7. The molecule has 0 spiro atoms. The van der Waals surface area contributed by atoms with Crippen LogP contribution in [0.5, 0.6) is 5.75 Å². The Hall–Kier alpha value is -2.37. The molecule has 0 saturated carbocycles. The van der Waals surface area contributed by atoms with Crippen LogP contribution in [0.2, 0.25) is 0 Å². The second-order valence-corrected chi connectivity index (χ2v) is 11.7. The number of carboxylic acid groups (broad SMARTS) is 1. The van der Waals surface area contributed by atoms with Crippen LogP contribution in [0, 0.1) is 0 Å². The minimum Gasteiger partial charge on any atom is -0.490 e. The number of unbranched alkanes of at least 4 members (excludes halogenated alkanes) is 1. The van der Waals surface area contributed by atoms with E-state index in [0.29, 0.717) is 36.7 Å². The highest BCUT2D eigenvalue weighted by atomic mass is 32.2. The number of rotatable bonds is 13. The van der Waals surface area contributed by atoms with E-state index in [1.54, 1.807) is 24.3 Å². The van der Waals surface area contributed by atoms with Gasteiger partial charge in [0.2, 0.25) is 10.0 Å². The maximum absolute atomic E-state index is 12.4. The number of likely N-dealkylation sites (tertiary alicyclic amines) is 1. The topological polar surface area (TPSA) is 125 Å². The molecular formula is C25H39N3O7S. The predicted octanol–water partition coefficient (Wildman–Crippen LogP) is 2.47. The summed E-state index contributed by atoms with van der Waals surface area (Å²) in [6, 6.07) is 6.29. The first-order valence-corrected chi connectivity index (χ1v) is 14.4. The molecule has 2 fully saturated rings. The molecule has 202 valence electrons. The van der Waals surface area contributed by atoms with E-state index >= 15 is 0 Å². The Bertz CT molecular complexity index is 976. The fourth-order valence-electron chi connectivity index (χ4n) is 4.58. The summed E-state index contributed by atoms with van der Waals surface area (Å²) >= 11 is 0. The lowest BCUT2D eigenvalue weighted by atomic mass is 10.0. The molecule has 2 unspecified atom stereocenters. The molecule has 0 radical (unpaired) electrons. The smallest absolute Gasteiger partial charge is 0.410 e. The molecule has 2 aliphatic heterocycles. The third kappa shape index (κ3) is 8.07. The van der Waals surface area contributed by atoms with Crippen LogP contribution in [0.4, 0.5) is 4.79 Å². The van der Waals surface area contributed by atoms with Gasteiger partial charge in [-0.1, -0.05) is 25.5 Å². The zero-order valence-corrected chi connectivity index (χ0v) is 22.2. The molecule has 36 heavy (non-hydrogen) atoms. The monoisotopic (exact) mass is 525 g/mol. The van der Waals surface area contributed by atoms with Crippen LogP contribution in [-0.4, -0.2) is 91.6 Å². The highest BCUT2D eigenvalue weighted by Gasteiger charge is 2.38. The number of ether oxygens (including phenoxy) is 2. The van der Waals surface area contributed by atoms with Gasteiger partial charge in [-0.05, 0) is 57.2 Å². The summed E-state index contributed by atoms with van der Waals surface area (Å²) in [5.41, 5.74) is 0.666. The summed E-state index contributed by atoms with van der Waals surface area (Å²) in [5, 5.41) is 9.46. The van der Waals surface area contributed by atoms with Gasteiger partial charge in [0.25, 0.3) is 0 Å². The van der Waals surface area contributed by atoms with E-state index in [1.165, 1.54) is 0 Å². The number of benzene rings is 1. The maximum Gasteiger partial charge on any atom is 0.410 e. The van der Waals surface area contributed by atoms with Crippen molar-refractivity contribution in [3.05, 3.63) is 29.8 Å². The van der Waals surface area contributed by atoms with Gasteiger partial charge < -0.3 is 24.4 Å². The Morgan fingerprint density at radius 3 is 2.47 bits per heavy atom. The lowest BCUT2D eigenvalue weighted by Gasteiger charge is -2.37. The first-order valence-electron chi connectivity index (χ1n) is 12.7. The van der Waals surface area contributed by atoms with Crippen LogP contribution in [0.15, 0.2) is 24.3 Å². The van der Waals surface area contributed by atoms with E-state index in [9.17, 15) is 23.1 Å². The zero-order chi connectivity index (χ0) is 26.3. The lowest BCUT2D eigenvalue weighted by Crippen LogP contribution is -2.47. The fourth-order valence-corrected chi connectivity index (χ4v) is 5.98. The fraction of sp³-hybridized carbons (Fsp3) is 0.680. The molecule has 11 heteroatoms. The van der Waals surface area contributed by atoms with Gasteiger partial charge >= 0.3 is 12.1 Å². The Morgan fingerprint density at radius 1 is 1.22 bits per heavy atom. The summed E-state index contributed by atoms with van der Waals surface area (Å²) in [4.78, 5) is 28.2. The number of amides is 1. The molecule has 0 aliphatic carbocycles. The number of aliphatic carboxylic acids is 1. The van der Waals surface area contributed by atoms with Gasteiger partial charge in [0.05, 0.1) is 12.3 Å². The van der Waals surface area contributed by atoms with E-state index < -0.39 is 22.0 Å². The molecular weight excluding hydrogens is 486 g/mol. The van der Waals surface area contributed by atoms with E-state index in [2.05, 4.69) is 23.5 Å². The number of sulfonamides is 1. The van der Waals surface area contributed by atoms with Crippen molar-refractivity contribution in [2.45, 2.75) is 77.1 Å². The van der Waals surface area contributed by atoms with Gasteiger partial charge in [-0.3, -0.25) is 4.79 Å². The average molecular weight is 526 g/mol. The number of nitrogens with one attached hydrogen (secondary N) is 1. The van der Waals surface area contributed by atoms with Crippen LogP contribution in [0.25, 0.3) is 0 Å². The summed E-state index contributed by atoms with van der Waals surface area (Å²) in [6.07, 6.45) is 2.43. The first kappa shape index (κ1) is 28.2. The van der Waals surface area contributed by atoms with Gasteiger partial charge in [0, 0.05) is 25.2 Å². The molecule has 2 saturated heterocycles. The van der Waals surface area contributed by atoms with Crippen molar-refractivity contribution in [2.24, 2.45) is 0 Å². The molecule has 1 aromatic carbocycles. The first-order chi connectivity index (χ1) is 17.1. The van der Waals surface area contributed by atoms with Crippen LogP contribution < -0.4 is 9.46 Å². The SMILES string of the molecule is CCCCS(=O)(=O)NC(Cc1ccc(OCC2CN(C3CCN(C(C)C)CC3)C(=O)O2)cc1)C(=O)O. The second-order valence-electron chi connectivity index (χ2n) is 9.86. The summed E-state index contributed by atoms with van der Waals surface area (Å²) < 4.78 is 37.8. The third-order valence-electron chi connectivity index (χ3n) is 6.76. The normalized spacial score (nSPS) is 20.5. The summed E-state index contributed by atoms with van der Waals surface area (Å²) in [7, 11) is -3.66. The van der Waals surface area contributed by atoms with Crippen LogP contribution >= 0.6 is 0 Å². The molecule has 10 nitrogen and oxygen atoms in total. The molecule has 1 aromatic rings. The number of carbonyl (C=O) groups excluding carboxylic acids is 1. The van der Waals surface area contributed by atoms with Gasteiger partial charge in [0.1, 0.15) is 18.4 Å². The highest BCUT2D eigenvalue weighted by Crippen LogP contribution is 2.24. The third-order valence-corrected chi connectivity index (χ3v) is 8.23. The molecule has 1 amide bonds. The van der Waals surface area contributed by atoms with Crippen molar-refractivity contribution in [1.82, 2.24) is 14.5 Å². The average Bonchev–Trinajstić information content (AvgIpc) is 3.22. The summed E-state index contributed by atoms with van der Waals surface area (Å²) in [5.74, 6) is -0.757. The van der Waals surface area contributed by atoms with Gasteiger partial charge in [-0.2, -0.15) is 0 Å². The Labute approximate surface area is 214 Å². The van der Waals surface area contributed by atoms with Gasteiger partial charge in [0.15, 0.2) is 6.10 Å². The Morgan fingerprint density at radius 2 is 1.89 bits per heavy atom. The van der Waals surface area contributed by atoms with Gasteiger partial charge in [-0.25, -0.2) is 17.9 Å². The van der Waals surface area contributed by atoms with Crippen molar-refractivity contribution in [3.63, 3.8) is 0 Å². The number of nitrogens with zero attached hydrogens (tertiary/aromatic N) is 2. The number of cyclic esters (lactones) is 1. The van der Waals surface area contributed by atoms with Crippen molar-refractivity contribution < 1.29 is 32.6 Å². The number of carboxylic acids is 1. The van der Waals surface area contributed by atoms with E-state index in [1.807, 2.05) is 11.8 Å². The number of piperidine rings is 1. The van der Waals surface area contributed by atoms with Crippen LogP contribution in [0.1, 0.15) is 52.0 Å². The molecule has 2 atom stereocenters. The van der Waals surface area contributed by atoms with Crippen LogP contribution in [0.3, 0.4) is 0 Å². The minimum absolute atomic E-state index is 0.0196. The molecule has 2 N–H and O–H groups in total. The van der Waals surface area contributed by atoms with E-state index in [0.717, 1.165) is 25.9 Å². The van der Waals surface area contributed by atoms with Crippen molar-refractivity contribution in [3.8, 4) is 5.75 Å². The van der Waals surface area contributed by atoms with Crippen LogP contribution in [-0.2, 0) is 26.0 Å². The van der Waals surface area contributed by atoms with Gasteiger partial charge in [-0.15, -0.1) is 0 Å².